The molecule has 0 spiro atoms. The van der Waals surface area contributed by atoms with Crippen LogP contribution in [-0.4, -0.2) is 29.4 Å². The fraction of sp³-hybridized carbons (Fsp3) is 0.571. The smallest absolute Gasteiger partial charge is 0.247 e. The predicted molar refractivity (Wildman–Crippen MR) is 77.6 cm³/mol. The van der Waals surface area contributed by atoms with Crippen LogP contribution in [0.2, 0.25) is 0 Å². The van der Waals surface area contributed by atoms with E-state index >= 15 is 0 Å². The molecule has 7 nitrogen and oxygen atoms in total. The molecule has 1 aliphatic rings. The molecular formula is C14H19N3O4S. The Labute approximate surface area is 129 Å². The minimum atomic E-state index is -3.65. The third-order valence-corrected chi connectivity index (χ3v) is 5.98. The molecule has 1 saturated heterocycles. The van der Waals surface area contributed by atoms with Gasteiger partial charge in [-0.05, 0) is 32.8 Å². The zero-order valence-corrected chi connectivity index (χ0v) is 13.5. The van der Waals surface area contributed by atoms with Crippen molar-refractivity contribution in [2.75, 3.05) is 6.54 Å². The third-order valence-electron chi connectivity index (χ3n) is 3.96. The molecule has 1 aliphatic heterocycles. The van der Waals surface area contributed by atoms with E-state index in [0.717, 1.165) is 19.3 Å². The van der Waals surface area contributed by atoms with Crippen molar-refractivity contribution in [3.05, 3.63) is 29.8 Å². The Morgan fingerprint density at radius 3 is 2.73 bits per heavy atom. The maximum atomic E-state index is 13.1. The van der Waals surface area contributed by atoms with Crippen LogP contribution in [0, 0.1) is 13.8 Å². The van der Waals surface area contributed by atoms with Crippen LogP contribution >= 0.6 is 0 Å². The Morgan fingerprint density at radius 1 is 1.27 bits per heavy atom. The SMILES string of the molecule is Cc1cc(S(=O)(=O)N2CCCCC[C@@H]2c2ncon2)c(C)o1. The van der Waals surface area contributed by atoms with Crippen molar-refractivity contribution in [3.8, 4) is 0 Å². The van der Waals surface area contributed by atoms with Crippen molar-refractivity contribution in [2.45, 2.75) is 50.5 Å². The summed E-state index contributed by atoms with van der Waals surface area (Å²) < 4.78 is 37.8. The minimum absolute atomic E-state index is 0.223. The molecule has 0 amide bonds. The van der Waals surface area contributed by atoms with E-state index < -0.39 is 10.0 Å². The van der Waals surface area contributed by atoms with Crippen LogP contribution in [0.4, 0.5) is 0 Å². The zero-order valence-electron chi connectivity index (χ0n) is 12.7. The average molecular weight is 325 g/mol. The van der Waals surface area contributed by atoms with E-state index in [4.69, 9.17) is 8.94 Å². The van der Waals surface area contributed by atoms with Gasteiger partial charge in [-0.1, -0.05) is 18.0 Å². The first-order chi connectivity index (χ1) is 10.5. The van der Waals surface area contributed by atoms with Crippen LogP contribution < -0.4 is 0 Å². The normalized spacial score (nSPS) is 20.9. The number of hydrogen-bond donors (Lipinski definition) is 0. The van der Waals surface area contributed by atoms with Crippen LogP contribution in [0.25, 0.3) is 0 Å². The second kappa shape index (κ2) is 5.85. The number of sulfonamides is 1. The Hall–Kier alpha value is -1.67. The summed E-state index contributed by atoms with van der Waals surface area (Å²) >= 11 is 0. The van der Waals surface area contributed by atoms with E-state index in [9.17, 15) is 8.42 Å². The van der Waals surface area contributed by atoms with Crippen LogP contribution in [0.15, 0.2) is 26.3 Å². The van der Waals surface area contributed by atoms with Crippen molar-refractivity contribution in [1.82, 2.24) is 14.4 Å². The van der Waals surface area contributed by atoms with Crippen molar-refractivity contribution in [1.29, 1.82) is 0 Å². The first kappa shape index (κ1) is 15.2. The fourth-order valence-corrected chi connectivity index (χ4v) is 4.82. The zero-order chi connectivity index (χ0) is 15.7. The van der Waals surface area contributed by atoms with Gasteiger partial charge in [-0.25, -0.2) is 8.42 Å². The lowest BCUT2D eigenvalue weighted by Gasteiger charge is -2.26. The largest absolute Gasteiger partial charge is 0.465 e. The maximum absolute atomic E-state index is 13.1. The first-order valence-electron chi connectivity index (χ1n) is 7.35. The van der Waals surface area contributed by atoms with Gasteiger partial charge >= 0.3 is 0 Å². The van der Waals surface area contributed by atoms with Crippen molar-refractivity contribution < 1.29 is 17.4 Å². The number of hydrogen-bond acceptors (Lipinski definition) is 6. The second-order valence-corrected chi connectivity index (χ2v) is 7.41. The van der Waals surface area contributed by atoms with Gasteiger partial charge < -0.3 is 8.94 Å². The molecule has 0 unspecified atom stereocenters. The van der Waals surface area contributed by atoms with Crippen molar-refractivity contribution in [3.63, 3.8) is 0 Å². The van der Waals surface area contributed by atoms with Gasteiger partial charge in [-0.3, -0.25) is 0 Å². The lowest BCUT2D eigenvalue weighted by Crippen LogP contribution is -2.35. The van der Waals surface area contributed by atoms with Crippen LogP contribution in [-0.2, 0) is 10.0 Å². The number of aryl methyl sites for hydroxylation is 2. The Bertz CT molecular complexity index is 736. The van der Waals surface area contributed by atoms with E-state index in [1.165, 1.54) is 10.7 Å². The van der Waals surface area contributed by atoms with Gasteiger partial charge in [-0.15, -0.1) is 0 Å². The molecule has 0 aliphatic carbocycles. The molecule has 0 saturated carbocycles. The number of furan rings is 1. The number of rotatable bonds is 3. The van der Waals surface area contributed by atoms with E-state index in [1.54, 1.807) is 19.9 Å². The first-order valence-corrected chi connectivity index (χ1v) is 8.79. The highest BCUT2D eigenvalue weighted by Crippen LogP contribution is 2.34. The van der Waals surface area contributed by atoms with E-state index in [0.29, 0.717) is 30.3 Å². The molecule has 8 heteroatoms. The third kappa shape index (κ3) is 2.68. The molecule has 3 rings (SSSR count). The summed E-state index contributed by atoms with van der Waals surface area (Å²) in [6.07, 6.45) is 4.68. The lowest BCUT2D eigenvalue weighted by atomic mass is 10.1. The molecule has 120 valence electrons. The van der Waals surface area contributed by atoms with Gasteiger partial charge in [0.05, 0.1) is 6.04 Å². The summed E-state index contributed by atoms with van der Waals surface area (Å²) in [5.74, 6) is 1.42. The quantitative estimate of drug-likeness (QED) is 0.861. The Kier molecular flexibility index (Phi) is 4.05. The molecule has 1 fully saturated rings. The van der Waals surface area contributed by atoms with Crippen molar-refractivity contribution >= 4 is 10.0 Å². The molecule has 0 N–H and O–H groups in total. The summed E-state index contributed by atoms with van der Waals surface area (Å²) in [5, 5.41) is 3.85. The van der Waals surface area contributed by atoms with Gasteiger partial charge in [-0.2, -0.15) is 9.29 Å². The fourth-order valence-electron chi connectivity index (χ4n) is 2.94. The summed E-state index contributed by atoms with van der Waals surface area (Å²) in [7, 11) is -3.65. The maximum Gasteiger partial charge on any atom is 0.247 e. The van der Waals surface area contributed by atoms with Gasteiger partial charge in [0, 0.05) is 6.54 Å². The predicted octanol–water partition coefficient (Wildman–Crippen LogP) is 2.59. The van der Waals surface area contributed by atoms with E-state index in [-0.39, 0.29) is 10.9 Å². The highest BCUT2D eigenvalue weighted by molar-refractivity contribution is 7.89. The summed E-state index contributed by atoms with van der Waals surface area (Å²) in [6, 6.07) is 1.18. The van der Waals surface area contributed by atoms with Crippen LogP contribution in [0.5, 0.6) is 0 Å². The minimum Gasteiger partial charge on any atom is -0.465 e. The highest BCUT2D eigenvalue weighted by atomic mass is 32.2. The molecule has 22 heavy (non-hydrogen) atoms. The van der Waals surface area contributed by atoms with Gasteiger partial charge in [0.15, 0.2) is 5.82 Å². The molecule has 0 bridgehead atoms. The van der Waals surface area contributed by atoms with E-state index in [1.807, 2.05) is 0 Å². The molecule has 2 aromatic heterocycles. The van der Waals surface area contributed by atoms with Gasteiger partial charge in [0.1, 0.15) is 16.4 Å². The molecule has 0 radical (unpaired) electrons. The van der Waals surface area contributed by atoms with Crippen LogP contribution in [0.1, 0.15) is 49.1 Å². The highest BCUT2D eigenvalue weighted by Gasteiger charge is 2.37. The Morgan fingerprint density at radius 2 is 2.09 bits per heavy atom. The molecule has 3 heterocycles. The van der Waals surface area contributed by atoms with E-state index in [2.05, 4.69) is 10.1 Å². The van der Waals surface area contributed by atoms with Crippen molar-refractivity contribution in [2.24, 2.45) is 0 Å². The topological polar surface area (TPSA) is 89.4 Å². The summed E-state index contributed by atoms with van der Waals surface area (Å²) in [4.78, 5) is 4.28. The second-order valence-electron chi connectivity index (χ2n) is 5.55. The van der Waals surface area contributed by atoms with Gasteiger partial charge in [0.2, 0.25) is 16.4 Å². The summed E-state index contributed by atoms with van der Waals surface area (Å²) in [6.45, 7) is 3.86. The average Bonchev–Trinajstić information content (AvgIpc) is 3.02. The molecule has 2 aromatic rings. The molecule has 1 atom stereocenters. The lowest BCUT2D eigenvalue weighted by molar-refractivity contribution is 0.303. The molecular weight excluding hydrogens is 306 g/mol. The molecule has 0 aromatic carbocycles. The van der Waals surface area contributed by atoms with Gasteiger partial charge in [0.25, 0.3) is 0 Å². The van der Waals surface area contributed by atoms with Crippen LogP contribution in [0.3, 0.4) is 0 Å². The standard InChI is InChI=1S/C14H19N3O4S/c1-10-8-13(11(2)21-10)22(18,19)17-7-5-3-4-6-12(17)14-15-9-20-16-14/h8-9,12H,3-7H2,1-2H3/t12-/m1/s1. The number of aromatic nitrogens is 2. The Balaban J connectivity index is 2.03. The summed E-state index contributed by atoms with van der Waals surface area (Å²) in [5.41, 5.74) is 0. The monoisotopic (exact) mass is 325 g/mol. The number of nitrogens with zero attached hydrogens (tertiary/aromatic N) is 3.